The molecule has 4 heteroatoms. The third-order valence-electron chi connectivity index (χ3n) is 3.47. The normalized spacial score (nSPS) is 12.5. The van der Waals surface area contributed by atoms with Crippen molar-refractivity contribution in [2.45, 2.75) is 32.1 Å². The van der Waals surface area contributed by atoms with Gasteiger partial charge in [0.05, 0.1) is 6.61 Å². The number of ether oxygens (including phenoxy) is 2. The van der Waals surface area contributed by atoms with E-state index in [9.17, 15) is 4.39 Å². The number of methoxy groups -OCH3 is 1. The number of rotatable bonds is 12. The molecule has 0 amide bonds. The molecule has 1 aromatic rings. The lowest BCUT2D eigenvalue weighted by Crippen LogP contribution is -2.26. The summed E-state index contributed by atoms with van der Waals surface area (Å²) >= 11 is 0. The Kier molecular flexibility index (Phi) is 10.0. The Morgan fingerprint density at radius 2 is 1.90 bits per heavy atom. The maximum atomic E-state index is 13.0. The molecule has 3 nitrogen and oxygen atoms in total. The zero-order chi connectivity index (χ0) is 15.3. The van der Waals surface area contributed by atoms with Gasteiger partial charge in [0.1, 0.15) is 5.82 Å². The Labute approximate surface area is 127 Å². The molecule has 0 saturated carbocycles. The van der Waals surface area contributed by atoms with Gasteiger partial charge in [0, 0.05) is 33.4 Å². The molecular weight excluding hydrogens is 269 g/mol. The summed E-state index contributed by atoms with van der Waals surface area (Å²) in [5, 5.41) is 3.38. The fraction of sp³-hybridized carbons (Fsp3) is 0.647. The summed E-state index contributed by atoms with van der Waals surface area (Å²) < 4.78 is 23.7. The van der Waals surface area contributed by atoms with Gasteiger partial charge in [-0.15, -0.1) is 0 Å². The SMILES string of the molecule is CCCCOCCC(CNCCOC)c1ccc(F)cc1. The molecule has 1 rings (SSSR count). The molecular formula is C17H28FNO2. The van der Waals surface area contributed by atoms with Crippen LogP contribution in [0.3, 0.4) is 0 Å². The lowest BCUT2D eigenvalue weighted by Gasteiger charge is -2.18. The summed E-state index contributed by atoms with van der Waals surface area (Å²) in [7, 11) is 1.70. The first-order valence-corrected chi connectivity index (χ1v) is 7.80. The van der Waals surface area contributed by atoms with Crippen LogP contribution in [0.15, 0.2) is 24.3 Å². The van der Waals surface area contributed by atoms with Gasteiger partial charge in [-0.2, -0.15) is 0 Å². The molecule has 0 bridgehead atoms. The van der Waals surface area contributed by atoms with Gasteiger partial charge in [0.25, 0.3) is 0 Å². The average molecular weight is 297 g/mol. The summed E-state index contributed by atoms with van der Waals surface area (Å²) in [6, 6.07) is 6.78. The van der Waals surface area contributed by atoms with Crippen molar-refractivity contribution in [2.24, 2.45) is 0 Å². The van der Waals surface area contributed by atoms with Crippen molar-refractivity contribution in [1.29, 1.82) is 0 Å². The molecule has 0 spiro atoms. The average Bonchev–Trinajstić information content (AvgIpc) is 2.50. The Morgan fingerprint density at radius 1 is 1.14 bits per heavy atom. The quantitative estimate of drug-likeness (QED) is 0.600. The van der Waals surface area contributed by atoms with E-state index in [1.807, 2.05) is 12.1 Å². The molecule has 0 aliphatic carbocycles. The van der Waals surface area contributed by atoms with Crippen LogP contribution in [0.25, 0.3) is 0 Å². The van der Waals surface area contributed by atoms with Crippen molar-refractivity contribution in [3.63, 3.8) is 0 Å². The van der Waals surface area contributed by atoms with Gasteiger partial charge >= 0.3 is 0 Å². The lowest BCUT2D eigenvalue weighted by atomic mass is 9.96. The standard InChI is InChI=1S/C17H28FNO2/c1-3-4-11-21-12-9-16(14-19-10-13-20-2)15-5-7-17(18)8-6-15/h5-8,16,19H,3-4,9-14H2,1-2H3. The molecule has 0 fully saturated rings. The van der Waals surface area contributed by atoms with Gasteiger partial charge in [-0.05, 0) is 36.5 Å². The molecule has 1 unspecified atom stereocenters. The Hall–Kier alpha value is -0.970. The van der Waals surface area contributed by atoms with E-state index in [1.54, 1.807) is 7.11 Å². The minimum Gasteiger partial charge on any atom is -0.383 e. The van der Waals surface area contributed by atoms with Crippen molar-refractivity contribution in [3.8, 4) is 0 Å². The summed E-state index contributed by atoms with van der Waals surface area (Å²) in [4.78, 5) is 0. The van der Waals surface area contributed by atoms with Crippen LogP contribution in [0.4, 0.5) is 4.39 Å². The highest BCUT2D eigenvalue weighted by Crippen LogP contribution is 2.19. The van der Waals surface area contributed by atoms with Crippen molar-refractivity contribution in [2.75, 3.05) is 40.0 Å². The molecule has 0 aliphatic heterocycles. The van der Waals surface area contributed by atoms with Gasteiger partial charge in [-0.3, -0.25) is 0 Å². The van der Waals surface area contributed by atoms with Gasteiger partial charge in [0.2, 0.25) is 0 Å². The van der Waals surface area contributed by atoms with E-state index in [4.69, 9.17) is 9.47 Å². The summed E-state index contributed by atoms with van der Waals surface area (Å²) in [5.41, 5.74) is 1.15. The second kappa shape index (κ2) is 11.7. The van der Waals surface area contributed by atoms with Gasteiger partial charge < -0.3 is 14.8 Å². The molecule has 21 heavy (non-hydrogen) atoms. The highest BCUT2D eigenvalue weighted by atomic mass is 19.1. The van der Waals surface area contributed by atoms with Crippen LogP contribution in [0.2, 0.25) is 0 Å². The maximum Gasteiger partial charge on any atom is 0.123 e. The topological polar surface area (TPSA) is 30.5 Å². The Balaban J connectivity index is 2.43. The van der Waals surface area contributed by atoms with Crippen molar-refractivity contribution in [1.82, 2.24) is 5.32 Å². The van der Waals surface area contributed by atoms with E-state index in [0.717, 1.165) is 51.1 Å². The van der Waals surface area contributed by atoms with Crippen LogP contribution in [0.5, 0.6) is 0 Å². The second-order valence-electron chi connectivity index (χ2n) is 5.20. The zero-order valence-corrected chi connectivity index (χ0v) is 13.2. The fourth-order valence-corrected chi connectivity index (χ4v) is 2.15. The minimum atomic E-state index is -0.191. The van der Waals surface area contributed by atoms with Gasteiger partial charge in [-0.1, -0.05) is 25.5 Å². The van der Waals surface area contributed by atoms with Crippen molar-refractivity contribution < 1.29 is 13.9 Å². The smallest absolute Gasteiger partial charge is 0.123 e. The first-order valence-electron chi connectivity index (χ1n) is 7.80. The first kappa shape index (κ1) is 18.1. The second-order valence-corrected chi connectivity index (χ2v) is 5.20. The Morgan fingerprint density at radius 3 is 2.57 bits per heavy atom. The van der Waals surface area contributed by atoms with Crippen molar-refractivity contribution >= 4 is 0 Å². The first-order chi connectivity index (χ1) is 10.3. The van der Waals surface area contributed by atoms with Crippen LogP contribution in [0, 0.1) is 5.82 Å². The number of unbranched alkanes of at least 4 members (excludes halogenated alkanes) is 1. The Bertz CT molecular complexity index is 356. The van der Waals surface area contributed by atoms with Crippen LogP contribution in [0.1, 0.15) is 37.7 Å². The summed E-state index contributed by atoms with van der Waals surface area (Å²) in [6.07, 6.45) is 3.20. The molecule has 0 heterocycles. The number of halogens is 1. The molecule has 1 aromatic carbocycles. The van der Waals surface area contributed by atoms with Crippen LogP contribution >= 0.6 is 0 Å². The molecule has 1 N–H and O–H groups in total. The predicted octanol–water partition coefficient (Wildman–Crippen LogP) is 3.35. The summed E-state index contributed by atoms with van der Waals surface area (Å²) in [5.74, 6) is 0.146. The molecule has 0 saturated heterocycles. The third kappa shape index (κ3) is 8.15. The van der Waals surface area contributed by atoms with E-state index in [-0.39, 0.29) is 5.82 Å². The highest BCUT2D eigenvalue weighted by molar-refractivity contribution is 5.20. The molecule has 1 atom stereocenters. The van der Waals surface area contributed by atoms with Gasteiger partial charge in [0.15, 0.2) is 0 Å². The zero-order valence-electron chi connectivity index (χ0n) is 13.2. The predicted molar refractivity (Wildman–Crippen MR) is 84.2 cm³/mol. The molecule has 120 valence electrons. The van der Waals surface area contributed by atoms with E-state index in [0.29, 0.717) is 12.5 Å². The van der Waals surface area contributed by atoms with Crippen LogP contribution < -0.4 is 5.32 Å². The number of benzene rings is 1. The van der Waals surface area contributed by atoms with E-state index in [2.05, 4.69) is 12.2 Å². The van der Waals surface area contributed by atoms with E-state index >= 15 is 0 Å². The van der Waals surface area contributed by atoms with Crippen LogP contribution in [-0.2, 0) is 9.47 Å². The molecule has 0 aromatic heterocycles. The third-order valence-corrected chi connectivity index (χ3v) is 3.47. The fourth-order valence-electron chi connectivity index (χ4n) is 2.15. The van der Waals surface area contributed by atoms with E-state index < -0.39 is 0 Å². The number of nitrogens with one attached hydrogen (secondary N) is 1. The van der Waals surface area contributed by atoms with E-state index in [1.165, 1.54) is 12.1 Å². The number of hydrogen-bond donors (Lipinski definition) is 1. The van der Waals surface area contributed by atoms with Crippen molar-refractivity contribution in [3.05, 3.63) is 35.6 Å². The molecule has 0 radical (unpaired) electrons. The maximum absolute atomic E-state index is 13.0. The molecule has 0 aliphatic rings. The van der Waals surface area contributed by atoms with Crippen LogP contribution in [-0.4, -0.2) is 40.0 Å². The number of hydrogen-bond acceptors (Lipinski definition) is 3. The summed E-state index contributed by atoms with van der Waals surface area (Å²) in [6.45, 7) is 6.10. The van der Waals surface area contributed by atoms with Gasteiger partial charge in [-0.25, -0.2) is 4.39 Å². The lowest BCUT2D eigenvalue weighted by molar-refractivity contribution is 0.123. The minimum absolute atomic E-state index is 0.191. The highest BCUT2D eigenvalue weighted by Gasteiger charge is 2.11. The monoisotopic (exact) mass is 297 g/mol. The largest absolute Gasteiger partial charge is 0.383 e.